The van der Waals surface area contributed by atoms with Gasteiger partial charge in [-0.25, -0.2) is 0 Å². The highest BCUT2D eigenvalue weighted by molar-refractivity contribution is 6.54. The van der Waals surface area contributed by atoms with E-state index in [1.807, 2.05) is 0 Å². The third-order valence-corrected chi connectivity index (χ3v) is 4.13. The average molecular weight is 222 g/mol. The molecule has 0 saturated carbocycles. The molecule has 0 aromatic heterocycles. The summed E-state index contributed by atoms with van der Waals surface area (Å²) in [4.78, 5) is 0. The number of rotatable bonds is 1. The van der Waals surface area contributed by atoms with Gasteiger partial charge in [-0.15, -0.1) is 0 Å². The zero-order valence-corrected chi connectivity index (χ0v) is 11.0. The Bertz CT molecular complexity index is 278. The molecule has 2 nitrogen and oxygen atoms in total. The molecule has 3 heteroatoms. The minimum Gasteiger partial charge on any atom is -0.400 e. The van der Waals surface area contributed by atoms with Crippen LogP contribution in [0.3, 0.4) is 0 Å². The van der Waals surface area contributed by atoms with Gasteiger partial charge in [-0.2, -0.15) is 0 Å². The summed E-state index contributed by atoms with van der Waals surface area (Å²) < 4.78 is 12.1. The van der Waals surface area contributed by atoms with Crippen molar-refractivity contribution >= 4 is 7.12 Å². The molecule has 1 heterocycles. The van der Waals surface area contributed by atoms with Crippen LogP contribution < -0.4 is 0 Å². The normalized spacial score (nSPS) is 28.8. The van der Waals surface area contributed by atoms with Crippen LogP contribution in [0, 0.1) is 0 Å². The van der Waals surface area contributed by atoms with Crippen LogP contribution in [-0.4, -0.2) is 18.3 Å². The molecule has 1 saturated heterocycles. The fourth-order valence-electron chi connectivity index (χ4n) is 2.25. The molecule has 0 bridgehead atoms. The Morgan fingerprint density at radius 1 is 1.00 bits per heavy atom. The van der Waals surface area contributed by atoms with Gasteiger partial charge in [0, 0.05) is 0 Å². The molecule has 16 heavy (non-hydrogen) atoms. The van der Waals surface area contributed by atoms with Crippen LogP contribution in [-0.2, 0) is 9.31 Å². The van der Waals surface area contributed by atoms with Crippen molar-refractivity contribution < 1.29 is 9.31 Å². The summed E-state index contributed by atoms with van der Waals surface area (Å²) in [5.41, 5.74) is 0.950. The number of hydrogen-bond acceptors (Lipinski definition) is 2. The van der Waals surface area contributed by atoms with Gasteiger partial charge in [-0.05, 0) is 52.4 Å². The molecule has 1 aliphatic heterocycles. The topological polar surface area (TPSA) is 18.5 Å². The van der Waals surface area contributed by atoms with Gasteiger partial charge in [-0.1, -0.05) is 18.9 Å². The first-order valence-electron chi connectivity index (χ1n) is 6.47. The highest BCUT2D eigenvalue weighted by Gasteiger charge is 2.52. The Labute approximate surface area is 99.5 Å². The standard InChI is InChI=1S/C13H23BO2/c1-12(2)13(3,4)16-14(15-12)11-9-7-5-6-8-10-11/h9H,5-8,10H2,1-4H3. The lowest BCUT2D eigenvalue weighted by Gasteiger charge is -2.32. The summed E-state index contributed by atoms with van der Waals surface area (Å²) in [6.07, 6.45) is 8.56. The summed E-state index contributed by atoms with van der Waals surface area (Å²) in [7, 11) is -0.108. The van der Waals surface area contributed by atoms with Crippen LogP contribution in [0.1, 0.15) is 59.8 Å². The minimum absolute atomic E-state index is 0.108. The lowest BCUT2D eigenvalue weighted by atomic mass is 9.75. The van der Waals surface area contributed by atoms with Gasteiger partial charge in [0.2, 0.25) is 0 Å². The van der Waals surface area contributed by atoms with E-state index in [-0.39, 0.29) is 18.3 Å². The van der Waals surface area contributed by atoms with Crippen molar-refractivity contribution in [1.29, 1.82) is 0 Å². The first-order chi connectivity index (χ1) is 7.42. The zero-order chi connectivity index (χ0) is 11.8. The van der Waals surface area contributed by atoms with Crippen molar-refractivity contribution in [1.82, 2.24) is 0 Å². The number of allylic oxidation sites excluding steroid dienone is 2. The van der Waals surface area contributed by atoms with Crippen molar-refractivity contribution in [2.24, 2.45) is 0 Å². The van der Waals surface area contributed by atoms with Crippen LogP contribution >= 0.6 is 0 Å². The van der Waals surface area contributed by atoms with Gasteiger partial charge in [0.25, 0.3) is 0 Å². The summed E-state index contributed by atoms with van der Waals surface area (Å²) in [5.74, 6) is 0. The molecular formula is C13H23BO2. The first-order valence-corrected chi connectivity index (χ1v) is 6.47. The molecule has 90 valence electrons. The molecule has 0 spiro atoms. The predicted octanol–water partition coefficient (Wildman–Crippen LogP) is 3.51. The second-order valence-electron chi connectivity index (χ2n) is 5.97. The van der Waals surface area contributed by atoms with Crippen molar-refractivity contribution in [3.63, 3.8) is 0 Å². The Balaban J connectivity index is 2.10. The quantitative estimate of drug-likeness (QED) is 0.632. The monoisotopic (exact) mass is 222 g/mol. The van der Waals surface area contributed by atoms with Crippen LogP contribution in [0.25, 0.3) is 0 Å². The maximum Gasteiger partial charge on any atom is 0.490 e. The van der Waals surface area contributed by atoms with Gasteiger partial charge in [0.1, 0.15) is 0 Å². The minimum atomic E-state index is -0.204. The third-order valence-electron chi connectivity index (χ3n) is 4.13. The van der Waals surface area contributed by atoms with Gasteiger partial charge in [0.15, 0.2) is 0 Å². The Morgan fingerprint density at radius 2 is 1.62 bits per heavy atom. The molecule has 0 N–H and O–H groups in total. The van der Waals surface area contributed by atoms with Gasteiger partial charge < -0.3 is 9.31 Å². The van der Waals surface area contributed by atoms with Gasteiger partial charge in [0.05, 0.1) is 11.2 Å². The van der Waals surface area contributed by atoms with Crippen LogP contribution in [0.5, 0.6) is 0 Å². The molecule has 2 rings (SSSR count). The Kier molecular flexibility index (Phi) is 3.19. The van der Waals surface area contributed by atoms with E-state index in [1.54, 1.807) is 0 Å². The maximum atomic E-state index is 6.07. The van der Waals surface area contributed by atoms with Crippen molar-refractivity contribution in [2.75, 3.05) is 0 Å². The smallest absolute Gasteiger partial charge is 0.400 e. The molecular weight excluding hydrogens is 199 g/mol. The second-order valence-corrected chi connectivity index (χ2v) is 5.97. The van der Waals surface area contributed by atoms with Crippen LogP contribution in [0.4, 0.5) is 0 Å². The third kappa shape index (κ3) is 2.21. The van der Waals surface area contributed by atoms with Crippen molar-refractivity contribution in [3.8, 4) is 0 Å². The first kappa shape index (κ1) is 12.2. The molecule has 2 aliphatic rings. The highest BCUT2D eigenvalue weighted by Crippen LogP contribution is 2.39. The van der Waals surface area contributed by atoms with Crippen molar-refractivity contribution in [2.45, 2.75) is 71.0 Å². The second kappa shape index (κ2) is 4.19. The van der Waals surface area contributed by atoms with E-state index < -0.39 is 0 Å². The van der Waals surface area contributed by atoms with E-state index in [9.17, 15) is 0 Å². The lowest BCUT2D eigenvalue weighted by molar-refractivity contribution is 0.00578. The molecule has 0 unspecified atom stereocenters. The van der Waals surface area contributed by atoms with E-state index in [1.165, 1.54) is 31.2 Å². The molecule has 0 atom stereocenters. The molecule has 0 aromatic carbocycles. The van der Waals surface area contributed by atoms with E-state index in [0.29, 0.717) is 0 Å². The fourth-order valence-corrected chi connectivity index (χ4v) is 2.25. The van der Waals surface area contributed by atoms with E-state index >= 15 is 0 Å². The average Bonchev–Trinajstić information content (AvgIpc) is 2.42. The summed E-state index contributed by atoms with van der Waals surface area (Å²) in [5, 5.41) is 0. The fraction of sp³-hybridized carbons (Fsp3) is 0.846. The summed E-state index contributed by atoms with van der Waals surface area (Å²) >= 11 is 0. The van der Waals surface area contributed by atoms with Crippen molar-refractivity contribution in [3.05, 3.63) is 11.5 Å². The summed E-state index contributed by atoms with van der Waals surface area (Å²) in [6, 6.07) is 0. The van der Waals surface area contributed by atoms with Gasteiger partial charge >= 0.3 is 7.12 Å². The highest BCUT2D eigenvalue weighted by atomic mass is 16.7. The molecule has 0 aromatic rings. The van der Waals surface area contributed by atoms with E-state index in [0.717, 1.165) is 6.42 Å². The molecule has 0 amide bonds. The molecule has 1 fully saturated rings. The van der Waals surface area contributed by atoms with Gasteiger partial charge in [-0.3, -0.25) is 0 Å². The van der Waals surface area contributed by atoms with E-state index in [4.69, 9.17) is 9.31 Å². The SMILES string of the molecule is CC1(C)OB(C2=CCCCCC2)OC1(C)C. The zero-order valence-electron chi connectivity index (χ0n) is 11.0. The predicted molar refractivity (Wildman–Crippen MR) is 67.3 cm³/mol. The molecule has 1 aliphatic carbocycles. The Morgan fingerprint density at radius 3 is 2.25 bits per heavy atom. The number of hydrogen-bond donors (Lipinski definition) is 0. The summed E-state index contributed by atoms with van der Waals surface area (Å²) in [6.45, 7) is 8.46. The Hall–Kier alpha value is -0.275. The van der Waals surface area contributed by atoms with E-state index in [2.05, 4.69) is 33.8 Å². The molecule has 0 radical (unpaired) electrons. The largest absolute Gasteiger partial charge is 0.490 e. The maximum absolute atomic E-state index is 6.07. The lowest BCUT2D eigenvalue weighted by Crippen LogP contribution is -2.41. The van der Waals surface area contributed by atoms with Crippen LogP contribution in [0.2, 0.25) is 0 Å². The van der Waals surface area contributed by atoms with Crippen LogP contribution in [0.15, 0.2) is 11.5 Å².